The van der Waals surface area contributed by atoms with E-state index in [1.165, 1.54) is 62.9 Å². The molecule has 118 valence electrons. The van der Waals surface area contributed by atoms with Crippen LogP contribution in [-0.2, 0) is 13.0 Å². The summed E-state index contributed by atoms with van der Waals surface area (Å²) in [7, 11) is 0. The van der Waals surface area contributed by atoms with E-state index in [0.29, 0.717) is 0 Å². The average Bonchev–Trinajstić information content (AvgIpc) is 2.73. The largest absolute Gasteiger partial charge is 0.311 e. The standard InChI is InChI=1S/C19H32N2/c1-17(2)15-18-7-9-19(10-8-18)16-20-11-14-21-12-5-3-4-6-13-21/h7-10,17,20H,3-6,11-16H2,1-2H3. The van der Waals surface area contributed by atoms with E-state index >= 15 is 0 Å². The van der Waals surface area contributed by atoms with Gasteiger partial charge in [0.15, 0.2) is 0 Å². The van der Waals surface area contributed by atoms with E-state index in [9.17, 15) is 0 Å². The van der Waals surface area contributed by atoms with E-state index in [2.05, 4.69) is 48.3 Å². The Labute approximate surface area is 130 Å². The van der Waals surface area contributed by atoms with Crippen LogP contribution >= 0.6 is 0 Å². The van der Waals surface area contributed by atoms with Crippen molar-refractivity contribution in [2.75, 3.05) is 26.2 Å². The number of benzene rings is 1. The molecule has 2 heteroatoms. The van der Waals surface area contributed by atoms with Crippen LogP contribution in [0.5, 0.6) is 0 Å². The zero-order chi connectivity index (χ0) is 14.9. The number of rotatable bonds is 7. The highest BCUT2D eigenvalue weighted by molar-refractivity contribution is 5.22. The average molecular weight is 288 g/mol. The van der Waals surface area contributed by atoms with Crippen molar-refractivity contribution in [3.05, 3.63) is 35.4 Å². The molecule has 1 heterocycles. The molecule has 21 heavy (non-hydrogen) atoms. The predicted molar refractivity (Wildman–Crippen MR) is 91.6 cm³/mol. The van der Waals surface area contributed by atoms with Crippen LogP contribution in [0.1, 0.15) is 50.7 Å². The molecule has 1 N–H and O–H groups in total. The molecule has 0 amide bonds. The van der Waals surface area contributed by atoms with Crippen molar-refractivity contribution >= 4 is 0 Å². The summed E-state index contributed by atoms with van der Waals surface area (Å²) < 4.78 is 0. The van der Waals surface area contributed by atoms with E-state index in [1.807, 2.05) is 0 Å². The summed E-state index contributed by atoms with van der Waals surface area (Å²) in [6, 6.07) is 9.12. The first kappa shape index (κ1) is 16.5. The summed E-state index contributed by atoms with van der Waals surface area (Å²) >= 11 is 0. The van der Waals surface area contributed by atoms with Gasteiger partial charge in [0, 0.05) is 19.6 Å². The van der Waals surface area contributed by atoms with Crippen LogP contribution in [0.2, 0.25) is 0 Å². The third-order valence-corrected chi connectivity index (χ3v) is 4.30. The molecule has 0 aliphatic carbocycles. The molecular formula is C19H32N2. The highest BCUT2D eigenvalue weighted by Crippen LogP contribution is 2.10. The van der Waals surface area contributed by atoms with Gasteiger partial charge in [-0.25, -0.2) is 0 Å². The molecule has 1 saturated heterocycles. The molecule has 1 aromatic carbocycles. The summed E-state index contributed by atoms with van der Waals surface area (Å²) in [5, 5.41) is 3.59. The molecule has 2 rings (SSSR count). The maximum atomic E-state index is 3.59. The van der Waals surface area contributed by atoms with Crippen LogP contribution in [0.15, 0.2) is 24.3 Å². The summed E-state index contributed by atoms with van der Waals surface area (Å²) in [4.78, 5) is 2.62. The summed E-state index contributed by atoms with van der Waals surface area (Å²) in [5.41, 5.74) is 2.86. The number of nitrogens with zero attached hydrogens (tertiary/aromatic N) is 1. The van der Waals surface area contributed by atoms with E-state index in [-0.39, 0.29) is 0 Å². The van der Waals surface area contributed by atoms with Gasteiger partial charge in [0.25, 0.3) is 0 Å². The Hall–Kier alpha value is -0.860. The summed E-state index contributed by atoms with van der Waals surface area (Å²) in [5.74, 6) is 0.739. The first-order chi connectivity index (χ1) is 10.2. The normalized spacial score (nSPS) is 17.1. The molecule has 0 radical (unpaired) electrons. The minimum atomic E-state index is 0.739. The third-order valence-electron chi connectivity index (χ3n) is 4.30. The van der Waals surface area contributed by atoms with Crippen molar-refractivity contribution in [3.63, 3.8) is 0 Å². The number of likely N-dealkylation sites (tertiary alicyclic amines) is 1. The van der Waals surface area contributed by atoms with Gasteiger partial charge < -0.3 is 10.2 Å². The van der Waals surface area contributed by atoms with Gasteiger partial charge in [0.1, 0.15) is 0 Å². The van der Waals surface area contributed by atoms with Gasteiger partial charge >= 0.3 is 0 Å². The molecule has 0 bridgehead atoms. The summed E-state index contributed by atoms with van der Waals surface area (Å²) in [6.07, 6.45) is 6.80. The number of hydrogen-bond donors (Lipinski definition) is 1. The zero-order valence-electron chi connectivity index (χ0n) is 13.9. The quantitative estimate of drug-likeness (QED) is 0.767. The van der Waals surface area contributed by atoms with Crippen LogP contribution in [0.25, 0.3) is 0 Å². The highest BCUT2D eigenvalue weighted by atomic mass is 15.1. The Morgan fingerprint density at radius 3 is 2.19 bits per heavy atom. The smallest absolute Gasteiger partial charge is 0.0206 e. The lowest BCUT2D eigenvalue weighted by Crippen LogP contribution is -2.32. The second-order valence-corrected chi connectivity index (χ2v) is 6.85. The molecule has 1 fully saturated rings. The molecule has 1 aliphatic rings. The van der Waals surface area contributed by atoms with Gasteiger partial charge in [-0.15, -0.1) is 0 Å². The second-order valence-electron chi connectivity index (χ2n) is 6.85. The van der Waals surface area contributed by atoms with Crippen molar-refractivity contribution < 1.29 is 0 Å². The zero-order valence-corrected chi connectivity index (χ0v) is 13.9. The highest BCUT2D eigenvalue weighted by Gasteiger charge is 2.07. The Kier molecular flexibility index (Phi) is 7.25. The lowest BCUT2D eigenvalue weighted by Gasteiger charge is -2.19. The van der Waals surface area contributed by atoms with Crippen molar-refractivity contribution in [3.8, 4) is 0 Å². The topological polar surface area (TPSA) is 15.3 Å². The Balaban J connectivity index is 1.63. The maximum absolute atomic E-state index is 3.59. The molecule has 0 spiro atoms. The molecule has 0 atom stereocenters. The lowest BCUT2D eigenvalue weighted by atomic mass is 10.0. The first-order valence-corrected chi connectivity index (χ1v) is 8.75. The molecule has 1 aliphatic heterocycles. The van der Waals surface area contributed by atoms with Crippen LogP contribution < -0.4 is 5.32 Å². The Morgan fingerprint density at radius 2 is 1.57 bits per heavy atom. The fourth-order valence-corrected chi connectivity index (χ4v) is 3.09. The van der Waals surface area contributed by atoms with Crippen molar-refractivity contribution in [2.45, 2.75) is 52.5 Å². The molecule has 2 nitrogen and oxygen atoms in total. The summed E-state index contributed by atoms with van der Waals surface area (Å²) in [6.45, 7) is 10.4. The Bertz CT molecular complexity index is 375. The first-order valence-electron chi connectivity index (χ1n) is 8.75. The molecule has 0 saturated carbocycles. The minimum absolute atomic E-state index is 0.739. The number of nitrogens with one attached hydrogen (secondary N) is 1. The molecule has 1 aromatic rings. The maximum Gasteiger partial charge on any atom is 0.0206 e. The number of hydrogen-bond acceptors (Lipinski definition) is 2. The van der Waals surface area contributed by atoms with E-state index < -0.39 is 0 Å². The fraction of sp³-hybridized carbons (Fsp3) is 0.684. The fourth-order valence-electron chi connectivity index (χ4n) is 3.09. The Morgan fingerprint density at radius 1 is 0.952 bits per heavy atom. The van der Waals surface area contributed by atoms with Gasteiger partial charge in [-0.1, -0.05) is 51.0 Å². The van der Waals surface area contributed by atoms with Gasteiger partial charge in [-0.3, -0.25) is 0 Å². The van der Waals surface area contributed by atoms with Crippen LogP contribution in [0.3, 0.4) is 0 Å². The second kappa shape index (κ2) is 9.22. The molecular weight excluding hydrogens is 256 g/mol. The van der Waals surface area contributed by atoms with Crippen LogP contribution in [-0.4, -0.2) is 31.1 Å². The van der Waals surface area contributed by atoms with Crippen molar-refractivity contribution in [1.82, 2.24) is 10.2 Å². The van der Waals surface area contributed by atoms with E-state index in [0.717, 1.165) is 19.0 Å². The molecule has 0 aromatic heterocycles. The van der Waals surface area contributed by atoms with Gasteiger partial charge in [-0.05, 0) is 49.4 Å². The van der Waals surface area contributed by atoms with Crippen LogP contribution in [0.4, 0.5) is 0 Å². The SMILES string of the molecule is CC(C)Cc1ccc(CNCCN2CCCCCC2)cc1. The van der Waals surface area contributed by atoms with Crippen molar-refractivity contribution in [2.24, 2.45) is 5.92 Å². The van der Waals surface area contributed by atoms with E-state index in [1.54, 1.807) is 0 Å². The van der Waals surface area contributed by atoms with Crippen LogP contribution in [0, 0.1) is 5.92 Å². The van der Waals surface area contributed by atoms with Gasteiger partial charge in [0.05, 0.1) is 0 Å². The van der Waals surface area contributed by atoms with Crippen molar-refractivity contribution in [1.29, 1.82) is 0 Å². The van der Waals surface area contributed by atoms with Gasteiger partial charge in [0.2, 0.25) is 0 Å². The van der Waals surface area contributed by atoms with Gasteiger partial charge in [-0.2, -0.15) is 0 Å². The molecule has 0 unspecified atom stereocenters. The van der Waals surface area contributed by atoms with E-state index in [4.69, 9.17) is 0 Å². The minimum Gasteiger partial charge on any atom is -0.311 e. The predicted octanol–water partition coefficient (Wildman–Crippen LogP) is 3.85. The lowest BCUT2D eigenvalue weighted by molar-refractivity contribution is 0.284. The third kappa shape index (κ3) is 6.62. The monoisotopic (exact) mass is 288 g/mol.